The molecule has 2 rings (SSSR count). The lowest BCUT2D eigenvalue weighted by molar-refractivity contribution is -0.132. The Labute approximate surface area is 153 Å². The summed E-state index contributed by atoms with van der Waals surface area (Å²) in [4.78, 5) is 26.8. The molecule has 0 fully saturated rings. The van der Waals surface area contributed by atoms with E-state index < -0.39 is 0 Å². The van der Waals surface area contributed by atoms with Gasteiger partial charge in [-0.3, -0.25) is 9.59 Å². The molecule has 0 saturated carbocycles. The number of thioether (sulfide) groups is 1. The number of hydrogen-bond acceptors (Lipinski definition) is 3. The summed E-state index contributed by atoms with van der Waals surface area (Å²) in [5.74, 6) is 0.482. The van der Waals surface area contributed by atoms with E-state index in [-0.39, 0.29) is 18.4 Å². The van der Waals surface area contributed by atoms with E-state index in [1.165, 1.54) is 10.5 Å². The van der Waals surface area contributed by atoms with Crippen LogP contribution < -0.4 is 5.32 Å². The van der Waals surface area contributed by atoms with E-state index in [2.05, 4.69) is 36.5 Å². The third-order valence-corrected chi connectivity index (χ3v) is 4.76. The molecule has 2 aromatic carbocycles. The third kappa shape index (κ3) is 6.63. The molecule has 0 atom stereocenters. The standard InChI is InChI=1S/C20H24N2O2S/c1-15-4-8-17(9-5-15)21-19(23)14-22(3)20(24)12-13-25-18-10-6-16(2)7-11-18/h4-11H,12-14H2,1-3H3,(H,21,23). The van der Waals surface area contributed by atoms with E-state index in [9.17, 15) is 9.59 Å². The predicted molar refractivity (Wildman–Crippen MR) is 104 cm³/mol. The van der Waals surface area contributed by atoms with Crippen LogP contribution >= 0.6 is 11.8 Å². The number of hydrogen-bond donors (Lipinski definition) is 1. The molecule has 0 bridgehead atoms. The van der Waals surface area contributed by atoms with E-state index in [0.29, 0.717) is 12.2 Å². The highest BCUT2D eigenvalue weighted by Crippen LogP contribution is 2.19. The van der Waals surface area contributed by atoms with Crippen molar-refractivity contribution in [3.8, 4) is 0 Å². The Kier molecular flexibility index (Phi) is 7.07. The van der Waals surface area contributed by atoms with Crippen LogP contribution in [0, 0.1) is 13.8 Å². The molecule has 132 valence electrons. The number of aryl methyl sites for hydroxylation is 2. The maximum atomic E-state index is 12.2. The van der Waals surface area contributed by atoms with Gasteiger partial charge in [0.15, 0.2) is 0 Å². The first-order valence-electron chi connectivity index (χ1n) is 8.24. The van der Waals surface area contributed by atoms with Crippen molar-refractivity contribution in [1.29, 1.82) is 0 Å². The molecular weight excluding hydrogens is 332 g/mol. The molecule has 4 nitrogen and oxygen atoms in total. The van der Waals surface area contributed by atoms with Crippen LogP contribution in [0.2, 0.25) is 0 Å². The molecule has 0 aliphatic heterocycles. The van der Waals surface area contributed by atoms with Gasteiger partial charge in [0.05, 0.1) is 6.54 Å². The summed E-state index contributed by atoms with van der Waals surface area (Å²) in [6, 6.07) is 15.8. The predicted octanol–water partition coefficient (Wildman–Crippen LogP) is 3.88. The maximum absolute atomic E-state index is 12.2. The SMILES string of the molecule is Cc1ccc(NC(=O)CN(C)C(=O)CCSc2ccc(C)cc2)cc1. The highest BCUT2D eigenvalue weighted by Gasteiger charge is 2.13. The second-order valence-electron chi connectivity index (χ2n) is 6.08. The Bertz CT molecular complexity index is 711. The number of carbonyl (C=O) groups excluding carboxylic acids is 2. The van der Waals surface area contributed by atoms with Gasteiger partial charge in [-0.2, -0.15) is 0 Å². The topological polar surface area (TPSA) is 49.4 Å². The van der Waals surface area contributed by atoms with Gasteiger partial charge in [-0.25, -0.2) is 0 Å². The second kappa shape index (κ2) is 9.28. The van der Waals surface area contributed by atoms with Crippen molar-refractivity contribution in [2.75, 3.05) is 24.7 Å². The first kappa shape index (κ1) is 19.1. The summed E-state index contributed by atoms with van der Waals surface area (Å²) in [6.45, 7) is 4.10. The van der Waals surface area contributed by atoms with Crippen molar-refractivity contribution < 1.29 is 9.59 Å². The Hall–Kier alpha value is -2.27. The zero-order valence-electron chi connectivity index (χ0n) is 14.9. The molecule has 0 heterocycles. The Balaban J connectivity index is 1.72. The first-order chi connectivity index (χ1) is 11.9. The maximum Gasteiger partial charge on any atom is 0.243 e. The highest BCUT2D eigenvalue weighted by molar-refractivity contribution is 7.99. The number of carbonyl (C=O) groups is 2. The Morgan fingerprint density at radius 3 is 2.12 bits per heavy atom. The van der Waals surface area contributed by atoms with Gasteiger partial charge < -0.3 is 10.2 Å². The minimum absolute atomic E-state index is 0.0290. The summed E-state index contributed by atoms with van der Waals surface area (Å²) in [6.07, 6.45) is 0.410. The van der Waals surface area contributed by atoms with E-state index in [1.54, 1.807) is 18.8 Å². The van der Waals surface area contributed by atoms with Gasteiger partial charge in [0, 0.05) is 29.8 Å². The molecule has 0 radical (unpaired) electrons. The van der Waals surface area contributed by atoms with Gasteiger partial charge in [0.2, 0.25) is 11.8 Å². The Morgan fingerprint density at radius 1 is 0.960 bits per heavy atom. The molecule has 0 aromatic heterocycles. The van der Waals surface area contributed by atoms with Gasteiger partial charge in [-0.1, -0.05) is 35.4 Å². The smallest absolute Gasteiger partial charge is 0.243 e. The Morgan fingerprint density at radius 2 is 1.52 bits per heavy atom. The van der Waals surface area contributed by atoms with Crippen LogP contribution in [0.25, 0.3) is 0 Å². The monoisotopic (exact) mass is 356 g/mol. The van der Waals surface area contributed by atoms with Crippen LogP contribution in [0.15, 0.2) is 53.4 Å². The van der Waals surface area contributed by atoms with Crippen LogP contribution in [0.1, 0.15) is 17.5 Å². The van der Waals surface area contributed by atoms with Crippen LogP contribution in [0.3, 0.4) is 0 Å². The fourth-order valence-corrected chi connectivity index (χ4v) is 3.06. The van der Waals surface area contributed by atoms with E-state index in [4.69, 9.17) is 0 Å². The number of nitrogens with one attached hydrogen (secondary N) is 1. The average Bonchev–Trinajstić information content (AvgIpc) is 2.58. The molecular formula is C20H24N2O2S. The minimum atomic E-state index is -0.189. The molecule has 1 N–H and O–H groups in total. The largest absolute Gasteiger partial charge is 0.336 e. The van der Waals surface area contributed by atoms with Crippen molar-refractivity contribution in [2.24, 2.45) is 0 Å². The molecule has 5 heteroatoms. The number of benzene rings is 2. The highest BCUT2D eigenvalue weighted by atomic mass is 32.2. The van der Waals surface area contributed by atoms with Crippen molar-refractivity contribution in [2.45, 2.75) is 25.2 Å². The first-order valence-corrected chi connectivity index (χ1v) is 9.22. The molecule has 2 amide bonds. The quantitative estimate of drug-likeness (QED) is 0.766. The lowest BCUT2D eigenvalue weighted by Crippen LogP contribution is -2.35. The van der Waals surface area contributed by atoms with E-state index in [0.717, 1.165) is 16.1 Å². The van der Waals surface area contributed by atoms with Crippen molar-refractivity contribution >= 4 is 29.3 Å². The number of rotatable bonds is 7. The van der Waals surface area contributed by atoms with Crippen molar-refractivity contribution in [1.82, 2.24) is 4.90 Å². The number of anilines is 1. The minimum Gasteiger partial charge on any atom is -0.336 e. The van der Waals surface area contributed by atoms with E-state index in [1.807, 2.05) is 31.2 Å². The van der Waals surface area contributed by atoms with Gasteiger partial charge in [-0.15, -0.1) is 11.8 Å². The zero-order valence-corrected chi connectivity index (χ0v) is 15.7. The van der Waals surface area contributed by atoms with Crippen LogP contribution in [0.4, 0.5) is 5.69 Å². The second-order valence-corrected chi connectivity index (χ2v) is 7.24. The summed E-state index contributed by atoms with van der Waals surface area (Å²) < 4.78 is 0. The molecule has 0 unspecified atom stereocenters. The van der Waals surface area contributed by atoms with Crippen LogP contribution in [0.5, 0.6) is 0 Å². The van der Waals surface area contributed by atoms with Gasteiger partial charge in [-0.05, 0) is 38.1 Å². The number of nitrogens with zero attached hydrogens (tertiary/aromatic N) is 1. The molecule has 0 spiro atoms. The summed E-state index contributed by atoms with van der Waals surface area (Å²) in [5.41, 5.74) is 3.10. The molecule has 0 aliphatic carbocycles. The fourth-order valence-electron chi connectivity index (χ4n) is 2.22. The lowest BCUT2D eigenvalue weighted by atomic mass is 10.2. The average molecular weight is 356 g/mol. The summed E-state index contributed by atoms with van der Waals surface area (Å²) in [5, 5.41) is 2.80. The third-order valence-electron chi connectivity index (χ3n) is 3.75. The summed E-state index contributed by atoms with van der Waals surface area (Å²) in [7, 11) is 1.66. The number of likely N-dealkylation sites (N-methyl/N-ethyl adjacent to an activating group) is 1. The van der Waals surface area contributed by atoms with Crippen molar-refractivity contribution in [3.63, 3.8) is 0 Å². The molecule has 0 saturated heterocycles. The van der Waals surface area contributed by atoms with Gasteiger partial charge >= 0.3 is 0 Å². The fraction of sp³-hybridized carbons (Fsp3) is 0.300. The zero-order chi connectivity index (χ0) is 18.2. The molecule has 2 aromatic rings. The number of amides is 2. The van der Waals surface area contributed by atoms with Crippen LogP contribution in [-0.2, 0) is 9.59 Å². The van der Waals surface area contributed by atoms with Gasteiger partial charge in [0.25, 0.3) is 0 Å². The van der Waals surface area contributed by atoms with E-state index >= 15 is 0 Å². The van der Waals surface area contributed by atoms with Gasteiger partial charge in [0.1, 0.15) is 0 Å². The van der Waals surface area contributed by atoms with Crippen LogP contribution in [-0.4, -0.2) is 36.1 Å². The van der Waals surface area contributed by atoms with Crippen molar-refractivity contribution in [3.05, 3.63) is 59.7 Å². The summed E-state index contributed by atoms with van der Waals surface area (Å²) >= 11 is 1.65. The molecule has 0 aliphatic rings. The lowest BCUT2D eigenvalue weighted by Gasteiger charge is -2.16. The molecule has 25 heavy (non-hydrogen) atoms. The normalized spacial score (nSPS) is 10.4.